The number of carbonyl (C=O) groups is 1. The minimum Gasteiger partial charge on any atom is -0.504 e. The molecule has 0 saturated carbocycles. The number of aryl methyl sites for hydroxylation is 1. The first-order valence-electron chi connectivity index (χ1n) is 10.9. The largest absolute Gasteiger partial charge is 0.504 e. The molecule has 0 aliphatic rings. The van der Waals surface area contributed by atoms with Crippen molar-refractivity contribution >= 4 is 16.8 Å². The number of carbonyl (C=O) groups excluding carboxylic acids is 1. The molecule has 0 radical (unpaired) electrons. The molecule has 0 aliphatic heterocycles. The Labute approximate surface area is 195 Å². The summed E-state index contributed by atoms with van der Waals surface area (Å²) >= 11 is 0. The van der Waals surface area contributed by atoms with Crippen LogP contribution in [0.4, 0.5) is 0 Å². The number of para-hydroxylation sites is 1. The van der Waals surface area contributed by atoms with Crippen LogP contribution in [0.15, 0.2) is 63.9 Å². The standard InChI is InChI=1S/C26H26N2O6/c1-15-11-22(30)25(32)26(34-15)19(16-7-8-21(29)23(12-16)33-2)13-24(31)27-10-9-17-14-28-20-6-4-3-5-18(17)20/h3-8,11-12,14,19,28-29,32H,9-10,13H2,1-2H3,(H,27,31)/t19-/m0/s1. The third-order valence-electron chi connectivity index (χ3n) is 5.78. The van der Waals surface area contributed by atoms with Crippen LogP contribution in [0, 0.1) is 6.92 Å². The van der Waals surface area contributed by atoms with Crippen LogP contribution in [-0.2, 0) is 11.2 Å². The van der Waals surface area contributed by atoms with E-state index in [0.717, 1.165) is 16.5 Å². The molecular formula is C26H26N2O6. The molecule has 176 valence electrons. The van der Waals surface area contributed by atoms with Crippen molar-refractivity contribution in [1.82, 2.24) is 10.3 Å². The molecule has 0 unspecified atom stereocenters. The number of aromatic hydroxyl groups is 2. The van der Waals surface area contributed by atoms with Crippen LogP contribution in [0.2, 0.25) is 0 Å². The number of phenolic OH excluding ortho intramolecular Hbond substituents is 1. The van der Waals surface area contributed by atoms with E-state index in [0.29, 0.717) is 24.3 Å². The molecule has 4 aromatic rings. The van der Waals surface area contributed by atoms with Gasteiger partial charge in [0.2, 0.25) is 17.1 Å². The van der Waals surface area contributed by atoms with Gasteiger partial charge in [0.05, 0.1) is 13.0 Å². The number of ether oxygens (including phenoxy) is 1. The summed E-state index contributed by atoms with van der Waals surface area (Å²) in [7, 11) is 1.41. The molecule has 2 aromatic heterocycles. The zero-order chi connectivity index (χ0) is 24.2. The van der Waals surface area contributed by atoms with Crippen LogP contribution in [0.5, 0.6) is 17.2 Å². The summed E-state index contributed by atoms with van der Waals surface area (Å²) in [5.74, 6) is -1.15. The van der Waals surface area contributed by atoms with Gasteiger partial charge in [0.15, 0.2) is 17.3 Å². The van der Waals surface area contributed by atoms with Crippen molar-refractivity contribution in [2.45, 2.75) is 25.7 Å². The van der Waals surface area contributed by atoms with Gasteiger partial charge in [-0.25, -0.2) is 0 Å². The number of rotatable bonds is 8. The van der Waals surface area contributed by atoms with Crippen molar-refractivity contribution in [3.05, 3.63) is 87.6 Å². The van der Waals surface area contributed by atoms with E-state index in [1.807, 2.05) is 30.5 Å². The number of benzene rings is 2. The Kier molecular flexibility index (Phi) is 6.58. The molecule has 34 heavy (non-hydrogen) atoms. The van der Waals surface area contributed by atoms with Gasteiger partial charge in [-0.05, 0) is 42.7 Å². The van der Waals surface area contributed by atoms with Crippen LogP contribution in [-0.4, -0.2) is 34.8 Å². The molecule has 2 heterocycles. The number of phenols is 1. The summed E-state index contributed by atoms with van der Waals surface area (Å²) < 4.78 is 10.9. The normalized spacial score (nSPS) is 11.9. The molecule has 2 aromatic carbocycles. The highest BCUT2D eigenvalue weighted by atomic mass is 16.5. The molecule has 1 atom stereocenters. The van der Waals surface area contributed by atoms with Gasteiger partial charge in [-0.1, -0.05) is 24.3 Å². The second-order valence-corrected chi connectivity index (χ2v) is 8.08. The summed E-state index contributed by atoms with van der Waals surface area (Å²) in [4.78, 5) is 28.3. The molecule has 0 aliphatic carbocycles. The first kappa shape index (κ1) is 23.0. The molecule has 8 nitrogen and oxygen atoms in total. The third-order valence-corrected chi connectivity index (χ3v) is 5.78. The van der Waals surface area contributed by atoms with Crippen molar-refractivity contribution in [1.29, 1.82) is 0 Å². The van der Waals surface area contributed by atoms with E-state index in [2.05, 4.69) is 10.3 Å². The number of aromatic amines is 1. The lowest BCUT2D eigenvalue weighted by Gasteiger charge is -2.19. The molecule has 4 rings (SSSR count). The Morgan fingerprint density at radius 1 is 1.18 bits per heavy atom. The van der Waals surface area contributed by atoms with Gasteiger partial charge in [-0.15, -0.1) is 0 Å². The molecule has 0 saturated heterocycles. The molecule has 4 N–H and O–H groups in total. The lowest BCUT2D eigenvalue weighted by Crippen LogP contribution is -2.27. The topological polar surface area (TPSA) is 125 Å². The summed E-state index contributed by atoms with van der Waals surface area (Å²) in [6, 6.07) is 13.7. The second kappa shape index (κ2) is 9.74. The van der Waals surface area contributed by atoms with Crippen molar-refractivity contribution < 1.29 is 24.2 Å². The number of amides is 1. The van der Waals surface area contributed by atoms with Crippen molar-refractivity contribution in [2.75, 3.05) is 13.7 Å². The third kappa shape index (κ3) is 4.76. The highest BCUT2D eigenvalue weighted by Crippen LogP contribution is 2.37. The number of hydrogen-bond acceptors (Lipinski definition) is 6. The molecule has 1 amide bonds. The minimum atomic E-state index is -0.768. The summed E-state index contributed by atoms with van der Waals surface area (Å²) in [6.07, 6.45) is 2.49. The highest BCUT2D eigenvalue weighted by Gasteiger charge is 2.26. The Hall–Kier alpha value is -4.20. The van der Waals surface area contributed by atoms with E-state index in [1.54, 1.807) is 19.1 Å². The molecular weight excluding hydrogens is 436 g/mol. The summed E-state index contributed by atoms with van der Waals surface area (Å²) in [5, 5.41) is 24.4. The number of aromatic nitrogens is 1. The monoisotopic (exact) mass is 462 g/mol. The maximum atomic E-state index is 12.9. The van der Waals surface area contributed by atoms with Gasteiger partial charge in [0.1, 0.15) is 5.76 Å². The fraction of sp³-hybridized carbons (Fsp3) is 0.231. The maximum Gasteiger partial charge on any atom is 0.227 e. The van der Waals surface area contributed by atoms with E-state index in [-0.39, 0.29) is 29.6 Å². The number of methoxy groups -OCH3 is 1. The average Bonchev–Trinajstić information content (AvgIpc) is 3.23. The second-order valence-electron chi connectivity index (χ2n) is 8.08. The highest BCUT2D eigenvalue weighted by molar-refractivity contribution is 5.83. The van der Waals surface area contributed by atoms with Crippen LogP contribution in [0.25, 0.3) is 10.9 Å². The van der Waals surface area contributed by atoms with Gasteiger partial charge < -0.3 is 29.7 Å². The van der Waals surface area contributed by atoms with Crippen molar-refractivity contribution in [3.63, 3.8) is 0 Å². The number of H-pyrrole nitrogens is 1. The predicted molar refractivity (Wildman–Crippen MR) is 128 cm³/mol. The lowest BCUT2D eigenvalue weighted by atomic mass is 9.91. The smallest absolute Gasteiger partial charge is 0.227 e. The van der Waals surface area contributed by atoms with E-state index >= 15 is 0 Å². The van der Waals surface area contributed by atoms with Gasteiger partial charge in [0, 0.05) is 36.1 Å². The lowest BCUT2D eigenvalue weighted by molar-refractivity contribution is -0.121. The van der Waals surface area contributed by atoms with E-state index in [4.69, 9.17) is 9.15 Å². The van der Waals surface area contributed by atoms with E-state index < -0.39 is 17.1 Å². The predicted octanol–water partition coefficient (Wildman–Crippen LogP) is 3.73. The SMILES string of the molecule is COc1cc([C@H](CC(=O)NCCc2c[nH]c3ccccc23)c2oc(C)cc(=O)c2O)ccc1O. The van der Waals surface area contributed by atoms with Gasteiger partial charge in [0.25, 0.3) is 0 Å². The fourth-order valence-corrected chi connectivity index (χ4v) is 4.07. The number of nitrogens with one attached hydrogen (secondary N) is 2. The quantitative estimate of drug-likeness (QED) is 0.316. The Bertz CT molecular complexity index is 1390. The van der Waals surface area contributed by atoms with Crippen molar-refractivity contribution in [2.24, 2.45) is 0 Å². The molecule has 8 heteroatoms. The first-order chi connectivity index (χ1) is 16.4. The van der Waals surface area contributed by atoms with Gasteiger partial charge in [-0.3, -0.25) is 9.59 Å². The zero-order valence-electron chi connectivity index (χ0n) is 18.9. The average molecular weight is 463 g/mol. The molecule has 0 spiro atoms. The van der Waals surface area contributed by atoms with E-state index in [1.165, 1.54) is 19.2 Å². The first-order valence-corrected chi connectivity index (χ1v) is 10.9. The fourth-order valence-electron chi connectivity index (χ4n) is 4.07. The Morgan fingerprint density at radius 3 is 2.76 bits per heavy atom. The summed E-state index contributed by atoms with van der Waals surface area (Å²) in [6.45, 7) is 2.01. The minimum absolute atomic E-state index is 0.00970. The Balaban J connectivity index is 1.55. The van der Waals surface area contributed by atoms with Crippen LogP contribution in [0.3, 0.4) is 0 Å². The zero-order valence-corrected chi connectivity index (χ0v) is 18.9. The van der Waals surface area contributed by atoms with Crippen LogP contribution < -0.4 is 15.5 Å². The Morgan fingerprint density at radius 2 is 1.97 bits per heavy atom. The summed E-state index contributed by atoms with van der Waals surface area (Å²) in [5.41, 5.74) is 2.09. The number of fused-ring (bicyclic) bond motifs is 1. The van der Waals surface area contributed by atoms with Crippen LogP contribution in [0.1, 0.15) is 35.0 Å². The molecule has 0 fully saturated rings. The van der Waals surface area contributed by atoms with Gasteiger partial charge >= 0.3 is 0 Å². The number of hydrogen-bond donors (Lipinski definition) is 4. The van der Waals surface area contributed by atoms with Crippen LogP contribution >= 0.6 is 0 Å². The van der Waals surface area contributed by atoms with E-state index in [9.17, 15) is 19.8 Å². The van der Waals surface area contributed by atoms with Gasteiger partial charge in [-0.2, -0.15) is 0 Å². The van der Waals surface area contributed by atoms with Crippen molar-refractivity contribution in [3.8, 4) is 17.2 Å². The maximum absolute atomic E-state index is 12.9. The molecule has 0 bridgehead atoms.